The molecule has 0 rings (SSSR count). The Morgan fingerprint density at radius 3 is 1.32 bits per heavy atom. The number of carbonyl (C=O) groups is 1. The maximum absolute atomic E-state index is 12.6. The van der Waals surface area contributed by atoms with E-state index in [1.54, 1.807) is 6.08 Å². The SMILES string of the molecule is CCCCCCCCCCCCCCCCC/C=C/CC/C=C/C(O)C(CS(=O)(=O)O)NC(=O)C(O)CCCCCCCCCCCCCC. The van der Waals surface area contributed by atoms with E-state index in [-0.39, 0.29) is 6.42 Å². The zero-order valence-corrected chi connectivity index (χ0v) is 33.5. The summed E-state index contributed by atoms with van der Waals surface area (Å²) in [5, 5.41) is 23.3. The Hall–Kier alpha value is -1.22. The fourth-order valence-electron chi connectivity index (χ4n) is 6.47. The summed E-state index contributed by atoms with van der Waals surface area (Å²) in [6.45, 7) is 4.50. The molecule has 0 aromatic carbocycles. The van der Waals surface area contributed by atoms with Gasteiger partial charge in [0.15, 0.2) is 0 Å². The third-order valence-electron chi connectivity index (χ3n) is 9.74. The van der Waals surface area contributed by atoms with Crippen molar-refractivity contribution in [1.82, 2.24) is 5.32 Å². The van der Waals surface area contributed by atoms with Gasteiger partial charge in [-0.25, -0.2) is 0 Å². The standard InChI is InChI=1S/C42H81NO6S/c1-3-5-7-9-11-13-15-17-18-19-20-21-22-23-24-25-27-28-30-32-34-36-40(44)39(38-50(47,48)49)43-42(46)41(45)37-35-33-31-29-26-16-14-12-10-8-6-4-2/h27-28,34,36,39-41,44-45H,3-26,29-33,35,37-38H2,1-2H3,(H,43,46)(H,47,48,49)/b28-27+,36-34+. The molecule has 0 aromatic heterocycles. The lowest BCUT2D eigenvalue weighted by Gasteiger charge is -2.22. The summed E-state index contributed by atoms with van der Waals surface area (Å²) in [6, 6.07) is -1.24. The molecule has 3 unspecified atom stereocenters. The molecule has 7 nitrogen and oxygen atoms in total. The van der Waals surface area contributed by atoms with Crippen molar-refractivity contribution < 1.29 is 28.0 Å². The van der Waals surface area contributed by atoms with Crippen LogP contribution in [0.2, 0.25) is 0 Å². The summed E-state index contributed by atoms with van der Waals surface area (Å²) in [4.78, 5) is 12.6. The molecule has 1 amide bonds. The normalized spacial score (nSPS) is 14.1. The van der Waals surface area contributed by atoms with Crippen LogP contribution in [0.25, 0.3) is 0 Å². The summed E-state index contributed by atoms with van der Waals surface area (Å²) >= 11 is 0. The molecule has 0 saturated carbocycles. The zero-order valence-electron chi connectivity index (χ0n) is 32.6. The zero-order chi connectivity index (χ0) is 37.0. The Kier molecular flexibility index (Phi) is 35.3. The minimum absolute atomic E-state index is 0.277. The molecule has 0 spiro atoms. The first-order valence-electron chi connectivity index (χ1n) is 21.1. The first-order valence-corrected chi connectivity index (χ1v) is 22.8. The van der Waals surface area contributed by atoms with Crippen molar-refractivity contribution in [3.05, 3.63) is 24.3 Å². The van der Waals surface area contributed by atoms with Crippen LogP contribution in [-0.4, -0.2) is 53.1 Å². The van der Waals surface area contributed by atoms with Crippen molar-refractivity contribution >= 4 is 16.0 Å². The van der Waals surface area contributed by atoms with Crippen LogP contribution in [0, 0.1) is 0 Å². The molecule has 0 aliphatic heterocycles. The highest BCUT2D eigenvalue weighted by Gasteiger charge is 2.27. The van der Waals surface area contributed by atoms with Crippen molar-refractivity contribution in [2.75, 3.05) is 5.75 Å². The number of allylic oxidation sites excluding steroid dienone is 3. The second-order valence-electron chi connectivity index (χ2n) is 14.8. The Morgan fingerprint density at radius 2 is 0.900 bits per heavy atom. The third-order valence-corrected chi connectivity index (χ3v) is 10.5. The van der Waals surface area contributed by atoms with Gasteiger partial charge in [-0.1, -0.05) is 205 Å². The van der Waals surface area contributed by atoms with Gasteiger partial charge in [0.2, 0.25) is 5.91 Å². The highest BCUT2D eigenvalue weighted by atomic mass is 32.2. The van der Waals surface area contributed by atoms with Crippen LogP contribution >= 0.6 is 0 Å². The molecule has 8 heteroatoms. The van der Waals surface area contributed by atoms with Gasteiger partial charge >= 0.3 is 0 Å². The van der Waals surface area contributed by atoms with Crippen molar-refractivity contribution in [3.63, 3.8) is 0 Å². The predicted molar refractivity (Wildman–Crippen MR) is 213 cm³/mol. The van der Waals surface area contributed by atoms with Gasteiger partial charge in [-0.05, 0) is 32.1 Å². The van der Waals surface area contributed by atoms with Gasteiger partial charge < -0.3 is 15.5 Å². The summed E-state index contributed by atoms with van der Waals surface area (Å²) in [6.07, 6.45) is 42.4. The number of hydrogen-bond acceptors (Lipinski definition) is 5. The minimum Gasteiger partial charge on any atom is -0.387 e. The van der Waals surface area contributed by atoms with Crippen molar-refractivity contribution in [2.24, 2.45) is 0 Å². The molecular formula is C42H81NO6S. The second-order valence-corrected chi connectivity index (χ2v) is 16.3. The van der Waals surface area contributed by atoms with Gasteiger partial charge in [-0.3, -0.25) is 9.35 Å². The minimum atomic E-state index is -4.45. The Labute approximate surface area is 309 Å². The summed E-state index contributed by atoms with van der Waals surface area (Å²) in [5.74, 6) is -1.55. The van der Waals surface area contributed by atoms with Crippen molar-refractivity contribution in [3.8, 4) is 0 Å². The number of aliphatic hydroxyl groups is 2. The quantitative estimate of drug-likeness (QED) is 0.0285. The highest BCUT2D eigenvalue weighted by Crippen LogP contribution is 2.15. The second kappa shape index (κ2) is 36.2. The smallest absolute Gasteiger partial charge is 0.267 e. The predicted octanol–water partition coefficient (Wildman–Crippen LogP) is 11.3. The monoisotopic (exact) mass is 728 g/mol. The summed E-state index contributed by atoms with van der Waals surface area (Å²) in [5.41, 5.74) is 0. The van der Waals surface area contributed by atoms with Crippen LogP contribution < -0.4 is 5.32 Å². The molecule has 3 atom stereocenters. The van der Waals surface area contributed by atoms with Crippen LogP contribution in [0.4, 0.5) is 0 Å². The average Bonchev–Trinajstić information content (AvgIpc) is 3.08. The van der Waals surface area contributed by atoms with Gasteiger partial charge in [0.1, 0.15) is 6.10 Å². The molecule has 0 saturated heterocycles. The van der Waals surface area contributed by atoms with Crippen molar-refractivity contribution in [2.45, 2.75) is 231 Å². The molecule has 0 aliphatic rings. The van der Waals surface area contributed by atoms with E-state index in [9.17, 15) is 28.0 Å². The Balaban J connectivity index is 4.03. The highest BCUT2D eigenvalue weighted by molar-refractivity contribution is 7.85. The summed E-state index contributed by atoms with van der Waals surface area (Å²) < 4.78 is 32.5. The maximum Gasteiger partial charge on any atom is 0.267 e. The molecule has 0 aliphatic carbocycles. The van der Waals surface area contributed by atoms with Crippen LogP contribution in [0.5, 0.6) is 0 Å². The van der Waals surface area contributed by atoms with Crippen LogP contribution in [0.1, 0.15) is 213 Å². The van der Waals surface area contributed by atoms with E-state index in [0.29, 0.717) is 12.8 Å². The van der Waals surface area contributed by atoms with E-state index < -0.39 is 40.0 Å². The number of carbonyl (C=O) groups excluding carboxylic acids is 1. The van der Waals surface area contributed by atoms with Gasteiger partial charge in [0.25, 0.3) is 10.1 Å². The lowest BCUT2D eigenvalue weighted by Crippen LogP contribution is -2.50. The van der Waals surface area contributed by atoms with E-state index in [2.05, 4.69) is 31.3 Å². The maximum atomic E-state index is 12.6. The van der Waals surface area contributed by atoms with Gasteiger partial charge in [-0.15, -0.1) is 0 Å². The van der Waals surface area contributed by atoms with E-state index in [1.807, 2.05) is 0 Å². The number of rotatable bonds is 38. The topological polar surface area (TPSA) is 124 Å². The number of aliphatic hydroxyl groups excluding tert-OH is 2. The lowest BCUT2D eigenvalue weighted by atomic mass is 10.0. The molecule has 50 heavy (non-hydrogen) atoms. The van der Waals surface area contributed by atoms with Crippen molar-refractivity contribution in [1.29, 1.82) is 0 Å². The Bertz CT molecular complexity index is 906. The molecule has 0 fully saturated rings. The van der Waals surface area contributed by atoms with Crippen LogP contribution in [-0.2, 0) is 14.9 Å². The lowest BCUT2D eigenvalue weighted by molar-refractivity contribution is -0.130. The molecule has 0 radical (unpaired) electrons. The van der Waals surface area contributed by atoms with Gasteiger partial charge in [0.05, 0.1) is 17.9 Å². The number of amides is 1. The first kappa shape index (κ1) is 48.8. The first-order chi connectivity index (χ1) is 24.2. The fraction of sp³-hybridized carbons (Fsp3) is 0.881. The summed E-state index contributed by atoms with van der Waals surface area (Å²) in [7, 11) is -4.45. The molecule has 296 valence electrons. The van der Waals surface area contributed by atoms with E-state index in [1.165, 1.54) is 154 Å². The fourth-order valence-corrected chi connectivity index (χ4v) is 7.21. The van der Waals surface area contributed by atoms with Gasteiger partial charge in [-0.2, -0.15) is 8.42 Å². The Morgan fingerprint density at radius 1 is 0.540 bits per heavy atom. The third kappa shape index (κ3) is 35.2. The van der Waals surface area contributed by atoms with E-state index >= 15 is 0 Å². The molecule has 0 aromatic rings. The van der Waals surface area contributed by atoms with E-state index in [0.717, 1.165) is 32.1 Å². The molecule has 4 N–H and O–H groups in total. The van der Waals surface area contributed by atoms with Crippen LogP contribution in [0.3, 0.4) is 0 Å². The molecular weight excluding hydrogens is 647 g/mol. The number of nitrogens with one attached hydrogen (secondary N) is 1. The molecule has 0 heterocycles. The van der Waals surface area contributed by atoms with E-state index in [4.69, 9.17) is 0 Å². The van der Waals surface area contributed by atoms with Gasteiger partial charge in [0, 0.05) is 0 Å². The molecule has 0 bridgehead atoms. The number of unbranched alkanes of at least 4 members (excludes halogenated alkanes) is 27. The van der Waals surface area contributed by atoms with Crippen LogP contribution in [0.15, 0.2) is 24.3 Å². The largest absolute Gasteiger partial charge is 0.387 e. The average molecular weight is 728 g/mol. The number of hydrogen-bond donors (Lipinski definition) is 4.